The molecule has 0 aliphatic heterocycles. The van der Waals surface area contributed by atoms with Crippen LogP contribution in [-0.2, 0) is 6.42 Å². The smallest absolute Gasteiger partial charge is 0.0991 e. The molecule has 0 fully saturated rings. The number of imidazole rings is 1. The van der Waals surface area contributed by atoms with Gasteiger partial charge in [-0.2, -0.15) is 0 Å². The number of hydrogen-bond donors (Lipinski definition) is 1. The Morgan fingerprint density at radius 2 is 2.27 bits per heavy atom. The Morgan fingerprint density at radius 3 is 2.93 bits per heavy atom. The maximum atomic E-state index is 5.90. The first-order valence-corrected chi connectivity index (χ1v) is 5.18. The molecule has 0 aliphatic rings. The third-order valence-electron chi connectivity index (χ3n) is 2.45. The quantitative estimate of drug-likeness (QED) is 0.775. The molecule has 0 unspecified atom stereocenters. The summed E-state index contributed by atoms with van der Waals surface area (Å²) in [5.41, 5.74) is 9.11. The SMILES string of the molecule is CCCc1cc(-n2ccnc2)ccc1N. The molecule has 2 aromatic rings. The summed E-state index contributed by atoms with van der Waals surface area (Å²) in [5.74, 6) is 0. The van der Waals surface area contributed by atoms with Gasteiger partial charge in [0.2, 0.25) is 0 Å². The van der Waals surface area contributed by atoms with E-state index in [1.807, 2.05) is 22.9 Å². The molecule has 0 saturated heterocycles. The number of aromatic nitrogens is 2. The van der Waals surface area contributed by atoms with E-state index in [2.05, 4.69) is 18.0 Å². The predicted octanol–water partition coefficient (Wildman–Crippen LogP) is 2.41. The third kappa shape index (κ3) is 2.01. The van der Waals surface area contributed by atoms with E-state index >= 15 is 0 Å². The van der Waals surface area contributed by atoms with Gasteiger partial charge < -0.3 is 10.3 Å². The molecule has 0 atom stereocenters. The van der Waals surface area contributed by atoms with E-state index in [9.17, 15) is 0 Å². The van der Waals surface area contributed by atoms with Crippen LogP contribution in [0, 0.1) is 0 Å². The van der Waals surface area contributed by atoms with Gasteiger partial charge in [0, 0.05) is 23.8 Å². The third-order valence-corrected chi connectivity index (χ3v) is 2.45. The zero-order valence-electron chi connectivity index (χ0n) is 8.85. The summed E-state index contributed by atoms with van der Waals surface area (Å²) in [5, 5.41) is 0. The van der Waals surface area contributed by atoms with Crippen molar-refractivity contribution in [1.82, 2.24) is 9.55 Å². The van der Waals surface area contributed by atoms with Crippen molar-refractivity contribution >= 4 is 5.69 Å². The lowest BCUT2D eigenvalue weighted by molar-refractivity contribution is 0.919. The fourth-order valence-corrected chi connectivity index (χ4v) is 1.65. The number of rotatable bonds is 3. The van der Waals surface area contributed by atoms with Crippen LogP contribution < -0.4 is 5.73 Å². The minimum absolute atomic E-state index is 0.876. The first kappa shape index (κ1) is 9.77. The van der Waals surface area contributed by atoms with Gasteiger partial charge in [-0.25, -0.2) is 4.98 Å². The maximum Gasteiger partial charge on any atom is 0.0991 e. The zero-order chi connectivity index (χ0) is 10.7. The Balaban J connectivity index is 2.38. The Labute approximate surface area is 89.6 Å². The van der Waals surface area contributed by atoms with Crippen LogP contribution in [0.4, 0.5) is 5.69 Å². The van der Waals surface area contributed by atoms with Crippen molar-refractivity contribution in [3.05, 3.63) is 42.5 Å². The normalized spacial score (nSPS) is 10.5. The standard InChI is InChI=1S/C12H15N3/c1-2-3-10-8-11(4-5-12(10)13)15-7-6-14-9-15/h4-9H,2-3,13H2,1H3. The van der Waals surface area contributed by atoms with Gasteiger partial charge >= 0.3 is 0 Å². The largest absolute Gasteiger partial charge is 0.399 e. The molecule has 15 heavy (non-hydrogen) atoms. The molecule has 1 aromatic heterocycles. The van der Waals surface area contributed by atoms with Gasteiger partial charge in [0.15, 0.2) is 0 Å². The predicted molar refractivity (Wildman–Crippen MR) is 62.0 cm³/mol. The van der Waals surface area contributed by atoms with Crippen LogP contribution in [0.2, 0.25) is 0 Å². The van der Waals surface area contributed by atoms with Crippen molar-refractivity contribution in [2.75, 3.05) is 5.73 Å². The van der Waals surface area contributed by atoms with Crippen LogP contribution in [-0.4, -0.2) is 9.55 Å². The molecule has 2 N–H and O–H groups in total. The molecule has 1 aromatic carbocycles. The summed E-state index contributed by atoms with van der Waals surface area (Å²) in [6, 6.07) is 6.09. The van der Waals surface area contributed by atoms with Crippen molar-refractivity contribution in [3.8, 4) is 5.69 Å². The lowest BCUT2D eigenvalue weighted by Crippen LogP contribution is -1.97. The van der Waals surface area contributed by atoms with E-state index in [1.165, 1.54) is 5.56 Å². The molecule has 78 valence electrons. The topological polar surface area (TPSA) is 43.8 Å². The molecular formula is C12H15N3. The van der Waals surface area contributed by atoms with E-state index in [-0.39, 0.29) is 0 Å². The molecule has 0 radical (unpaired) electrons. The molecule has 0 bridgehead atoms. The number of anilines is 1. The van der Waals surface area contributed by atoms with Gasteiger partial charge in [0.25, 0.3) is 0 Å². The van der Waals surface area contributed by atoms with E-state index < -0.39 is 0 Å². The second kappa shape index (κ2) is 4.17. The summed E-state index contributed by atoms with van der Waals surface area (Å²) < 4.78 is 1.98. The minimum Gasteiger partial charge on any atom is -0.399 e. The van der Waals surface area contributed by atoms with Gasteiger partial charge in [-0.1, -0.05) is 13.3 Å². The first-order chi connectivity index (χ1) is 7.31. The minimum atomic E-state index is 0.876. The van der Waals surface area contributed by atoms with Gasteiger partial charge in [-0.3, -0.25) is 0 Å². The lowest BCUT2D eigenvalue weighted by Gasteiger charge is -2.08. The van der Waals surface area contributed by atoms with Crippen LogP contribution in [0.25, 0.3) is 5.69 Å². The summed E-state index contributed by atoms with van der Waals surface area (Å²) in [6.45, 7) is 2.16. The van der Waals surface area contributed by atoms with Crippen molar-refractivity contribution in [3.63, 3.8) is 0 Å². The summed E-state index contributed by atoms with van der Waals surface area (Å²) in [4.78, 5) is 4.03. The molecule has 0 aliphatic carbocycles. The Kier molecular flexibility index (Phi) is 2.72. The van der Waals surface area contributed by atoms with Crippen LogP contribution >= 0.6 is 0 Å². The first-order valence-electron chi connectivity index (χ1n) is 5.18. The second-order valence-electron chi connectivity index (χ2n) is 3.60. The fraction of sp³-hybridized carbons (Fsp3) is 0.250. The molecule has 2 rings (SSSR count). The molecule has 0 amide bonds. The zero-order valence-corrected chi connectivity index (χ0v) is 8.85. The number of benzene rings is 1. The fourth-order valence-electron chi connectivity index (χ4n) is 1.65. The van der Waals surface area contributed by atoms with Gasteiger partial charge in [-0.05, 0) is 30.2 Å². The molecule has 3 heteroatoms. The highest BCUT2D eigenvalue weighted by molar-refractivity contribution is 5.52. The van der Waals surface area contributed by atoms with Gasteiger partial charge in [0.05, 0.1) is 6.33 Å². The summed E-state index contributed by atoms with van der Waals surface area (Å²) in [7, 11) is 0. The number of nitrogens with two attached hydrogens (primary N) is 1. The number of aryl methyl sites for hydroxylation is 1. The highest BCUT2D eigenvalue weighted by atomic mass is 15.0. The average molecular weight is 201 g/mol. The van der Waals surface area contributed by atoms with E-state index in [0.29, 0.717) is 0 Å². The monoisotopic (exact) mass is 201 g/mol. The maximum absolute atomic E-state index is 5.90. The summed E-state index contributed by atoms with van der Waals surface area (Å²) >= 11 is 0. The van der Waals surface area contributed by atoms with Crippen LogP contribution in [0.3, 0.4) is 0 Å². The Morgan fingerprint density at radius 1 is 1.40 bits per heavy atom. The Bertz CT molecular complexity index is 432. The van der Waals surface area contributed by atoms with Crippen LogP contribution in [0.1, 0.15) is 18.9 Å². The van der Waals surface area contributed by atoms with Crippen molar-refractivity contribution in [2.45, 2.75) is 19.8 Å². The average Bonchev–Trinajstić information content (AvgIpc) is 2.75. The van der Waals surface area contributed by atoms with Crippen molar-refractivity contribution in [2.24, 2.45) is 0 Å². The van der Waals surface area contributed by atoms with Crippen LogP contribution in [0.15, 0.2) is 36.9 Å². The number of hydrogen-bond acceptors (Lipinski definition) is 2. The number of nitrogens with zero attached hydrogens (tertiary/aromatic N) is 2. The van der Waals surface area contributed by atoms with Crippen molar-refractivity contribution in [1.29, 1.82) is 0 Å². The van der Waals surface area contributed by atoms with E-state index in [4.69, 9.17) is 5.73 Å². The molecule has 0 spiro atoms. The second-order valence-corrected chi connectivity index (χ2v) is 3.60. The lowest BCUT2D eigenvalue weighted by atomic mass is 10.1. The molecular weight excluding hydrogens is 186 g/mol. The highest BCUT2D eigenvalue weighted by Crippen LogP contribution is 2.18. The highest BCUT2D eigenvalue weighted by Gasteiger charge is 2.01. The summed E-state index contributed by atoms with van der Waals surface area (Å²) in [6.07, 6.45) is 7.63. The van der Waals surface area contributed by atoms with Gasteiger partial charge in [-0.15, -0.1) is 0 Å². The van der Waals surface area contributed by atoms with Crippen molar-refractivity contribution < 1.29 is 0 Å². The molecule has 0 saturated carbocycles. The van der Waals surface area contributed by atoms with Gasteiger partial charge in [0.1, 0.15) is 0 Å². The van der Waals surface area contributed by atoms with E-state index in [0.717, 1.165) is 24.2 Å². The molecule has 3 nitrogen and oxygen atoms in total. The number of nitrogen functional groups attached to an aromatic ring is 1. The Hall–Kier alpha value is -1.77. The van der Waals surface area contributed by atoms with E-state index in [1.54, 1.807) is 12.5 Å². The van der Waals surface area contributed by atoms with Crippen LogP contribution in [0.5, 0.6) is 0 Å². The molecule has 1 heterocycles.